The maximum atomic E-state index is 12.2. The van der Waals surface area contributed by atoms with Crippen molar-refractivity contribution in [2.45, 2.75) is 25.7 Å². The van der Waals surface area contributed by atoms with Crippen LogP contribution < -0.4 is 4.74 Å². The molecular weight excluding hydrogens is 432 g/mol. The van der Waals surface area contributed by atoms with Crippen molar-refractivity contribution in [2.24, 2.45) is 0 Å². The number of hydrogen-bond acceptors (Lipinski definition) is 4. The summed E-state index contributed by atoms with van der Waals surface area (Å²) >= 11 is 0. The van der Waals surface area contributed by atoms with Gasteiger partial charge in [0.1, 0.15) is 0 Å². The number of aromatic carboxylic acids is 1. The monoisotopic (exact) mass is 460 g/mol. The number of hydrogen-bond donors (Lipinski definition) is 2. The van der Waals surface area contributed by atoms with E-state index in [9.17, 15) is 15.0 Å². The van der Waals surface area contributed by atoms with Gasteiger partial charge >= 0.3 is 5.97 Å². The first-order valence-electron chi connectivity index (χ1n) is 11.0. The minimum Gasteiger partial charge on any atom is -0.504 e. The van der Waals surface area contributed by atoms with Crippen LogP contribution in [0.1, 0.15) is 10.4 Å². The molecule has 4 aromatic carbocycles. The Morgan fingerprint density at radius 2 is 1.52 bits per heavy atom. The number of fused-ring (bicyclic) bond motifs is 2. The molecule has 0 amide bonds. The molecule has 0 fully saturated rings. The number of aromatic hydroxyl groups is 1. The fourth-order valence-electron chi connectivity index (χ4n) is 3.94. The molecular formula is C27H28O5Si. The molecule has 2 N–H and O–H groups in total. The van der Waals surface area contributed by atoms with E-state index in [4.69, 9.17) is 9.47 Å². The third-order valence-electron chi connectivity index (χ3n) is 5.69. The zero-order valence-electron chi connectivity index (χ0n) is 19.1. The molecule has 170 valence electrons. The Bertz CT molecular complexity index is 1320. The molecule has 0 bridgehead atoms. The predicted octanol–water partition coefficient (Wildman–Crippen LogP) is 6.75. The molecule has 4 aromatic rings. The zero-order chi connectivity index (χ0) is 23.6. The molecule has 0 aliphatic rings. The van der Waals surface area contributed by atoms with Gasteiger partial charge in [0.2, 0.25) is 0 Å². The standard InChI is InChI=1S/C27H28O5Si/c1-33(2,3)15-14-31-17-32-23-16-19-9-5-7-11-21(19)25(26(23)28)24-20-10-6-4-8-18(20)12-13-22(24)27(29)30/h4-13,16,28H,14-15,17H2,1-3H3,(H,29,30). The predicted molar refractivity (Wildman–Crippen MR) is 135 cm³/mol. The first-order chi connectivity index (χ1) is 15.8. The first kappa shape index (κ1) is 22.8. The van der Waals surface area contributed by atoms with E-state index in [0.29, 0.717) is 17.7 Å². The second-order valence-corrected chi connectivity index (χ2v) is 14.9. The third kappa shape index (κ3) is 4.87. The lowest BCUT2D eigenvalue weighted by Gasteiger charge is -2.19. The minimum atomic E-state index is -1.22. The van der Waals surface area contributed by atoms with Gasteiger partial charge in [-0.2, -0.15) is 0 Å². The second kappa shape index (κ2) is 9.25. The van der Waals surface area contributed by atoms with Gasteiger partial charge in [0.25, 0.3) is 0 Å². The average molecular weight is 461 g/mol. The van der Waals surface area contributed by atoms with Gasteiger partial charge in [-0.25, -0.2) is 4.79 Å². The number of phenolic OH excluding ortho intramolecular Hbond substituents is 1. The van der Waals surface area contributed by atoms with Crippen LogP contribution in [0.4, 0.5) is 0 Å². The van der Waals surface area contributed by atoms with Crippen LogP contribution in [-0.2, 0) is 4.74 Å². The molecule has 6 heteroatoms. The van der Waals surface area contributed by atoms with Gasteiger partial charge in [0, 0.05) is 25.8 Å². The summed E-state index contributed by atoms with van der Waals surface area (Å²) in [7, 11) is -1.22. The summed E-state index contributed by atoms with van der Waals surface area (Å²) in [6.45, 7) is 7.45. The molecule has 0 aromatic heterocycles. The molecule has 0 unspecified atom stereocenters. The van der Waals surface area contributed by atoms with E-state index in [0.717, 1.165) is 27.6 Å². The quantitative estimate of drug-likeness (QED) is 0.173. The molecule has 0 saturated heterocycles. The summed E-state index contributed by atoms with van der Waals surface area (Å²) in [5, 5.41) is 24.5. The van der Waals surface area contributed by atoms with Crippen LogP contribution in [0.2, 0.25) is 25.7 Å². The number of phenols is 1. The zero-order valence-corrected chi connectivity index (χ0v) is 20.1. The Morgan fingerprint density at radius 1 is 0.879 bits per heavy atom. The summed E-state index contributed by atoms with van der Waals surface area (Å²) < 4.78 is 11.5. The van der Waals surface area contributed by atoms with Crippen molar-refractivity contribution in [3.05, 3.63) is 72.3 Å². The van der Waals surface area contributed by atoms with Gasteiger partial charge in [-0.05, 0) is 39.7 Å². The topological polar surface area (TPSA) is 76.0 Å². The third-order valence-corrected chi connectivity index (χ3v) is 7.39. The van der Waals surface area contributed by atoms with Crippen molar-refractivity contribution >= 4 is 35.6 Å². The van der Waals surface area contributed by atoms with Crippen LogP contribution in [0.5, 0.6) is 11.5 Å². The molecule has 0 radical (unpaired) electrons. The Kier molecular flexibility index (Phi) is 6.40. The highest BCUT2D eigenvalue weighted by Gasteiger charge is 2.23. The SMILES string of the molecule is C[Si](C)(C)CCOCOc1cc2ccccc2c(-c2c(C(=O)O)ccc3ccccc23)c1O. The lowest BCUT2D eigenvalue weighted by Crippen LogP contribution is -2.22. The van der Waals surface area contributed by atoms with E-state index in [1.54, 1.807) is 18.2 Å². The fourth-order valence-corrected chi connectivity index (χ4v) is 4.69. The summed E-state index contributed by atoms with van der Waals surface area (Å²) in [4.78, 5) is 12.2. The van der Waals surface area contributed by atoms with E-state index >= 15 is 0 Å². The van der Waals surface area contributed by atoms with E-state index < -0.39 is 14.0 Å². The number of ether oxygens (including phenoxy) is 2. The van der Waals surface area contributed by atoms with Crippen LogP contribution >= 0.6 is 0 Å². The van der Waals surface area contributed by atoms with Crippen LogP contribution in [0.25, 0.3) is 32.7 Å². The van der Waals surface area contributed by atoms with Crippen molar-refractivity contribution in [2.75, 3.05) is 13.4 Å². The average Bonchev–Trinajstić information content (AvgIpc) is 2.78. The number of carbonyl (C=O) groups is 1. The molecule has 0 heterocycles. The maximum absolute atomic E-state index is 12.2. The number of rotatable bonds is 8. The summed E-state index contributed by atoms with van der Waals surface area (Å²) in [6, 6.07) is 21.3. The normalized spacial score (nSPS) is 11.7. The number of carboxylic acids is 1. The Labute approximate surface area is 194 Å². The second-order valence-electron chi connectivity index (χ2n) is 9.31. The summed E-state index contributed by atoms with van der Waals surface area (Å²) in [6.07, 6.45) is 0. The molecule has 0 spiro atoms. The van der Waals surface area contributed by atoms with Crippen LogP contribution in [-0.4, -0.2) is 37.7 Å². The molecule has 0 aliphatic heterocycles. The first-order valence-corrected chi connectivity index (χ1v) is 14.7. The number of benzene rings is 4. The molecule has 4 rings (SSSR count). The van der Waals surface area contributed by atoms with Gasteiger partial charge in [0.05, 0.1) is 5.56 Å². The van der Waals surface area contributed by atoms with Crippen LogP contribution in [0.3, 0.4) is 0 Å². The van der Waals surface area contributed by atoms with Crippen molar-refractivity contribution in [1.82, 2.24) is 0 Å². The van der Waals surface area contributed by atoms with Crippen molar-refractivity contribution in [1.29, 1.82) is 0 Å². The lowest BCUT2D eigenvalue weighted by atomic mass is 9.89. The van der Waals surface area contributed by atoms with Crippen LogP contribution in [0.15, 0.2) is 66.7 Å². The van der Waals surface area contributed by atoms with Crippen LogP contribution in [0, 0.1) is 0 Å². The Hall–Kier alpha value is -3.35. The molecule has 33 heavy (non-hydrogen) atoms. The number of carboxylic acid groups (broad SMARTS) is 1. The Balaban J connectivity index is 1.84. The highest BCUT2D eigenvalue weighted by atomic mass is 28.3. The van der Waals surface area contributed by atoms with Crippen molar-refractivity contribution < 1.29 is 24.5 Å². The van der Waals surface area contributed by atoms with E-state index in [2.05, 4.69) is 19.6 Å². The Morgan fingerprint density at radius 3 is 2.18 bits per heavy atom. The van der Waals surface area contributed by atoms with E-state index in [1.165, 1.54) is 0 Å². The van der Waals surface area contributed by atoms with Gasteiger partial charge in [-0.3, -0.25) is 0 Å². The summed E-state index contributed by atoms with van der Waals surface area (Å²) in [5.74, 6) is -0.887. The summed E-state index contributed by atoms with van der Waals surface area (Å²) in [5.41, 5.74) is 1.04. The van der Waals surface area contributed by atoms with Crippen molar-refractivity contribution in [3.8, 4) is 22.6 Å². The van der Waals surface area contributed by atoms with Gasteiger partial charge in [-0.1, -0.05) is 74.2 Å². The highest BCUT2D eigenvalue weighted by Crippen LogP contribution is 2.46. The largest absolute Gasteiger partial charge is 0.504 e. The molecule has 0 atom stereocenters. The lowest BCUT2D eigenvalue weighted by molar-refractivity contribution is 0.0207. The van der Waals surface area contributed by atoms with Gasteiger partial charge in [-0.15, -0.1) is 0 Å². The molecule has 0 saturated carbocycles. The maximum Gasteiger partial charge on any atom is 0.336 e. The molecule has 0 aliphatic carbocycles. The van der Waals surface area contributed by atoms with E-state index in [1.807, 2.05) is 48.5 Å². The van der Waals surface area contributed by atoms with E-state index in [-0.39, 0.29) is 23.9 Å². The smallest absolute Gasteiger partial charge is 0.336 e. The highest BCUT2D eigenvalue weighted by molar-refractivity contribution is 6.76. The van der Waals surface area contributed by atoms with Gasteiger partial charge < -0.3 is 19.7 Å². The van der Waals surface area contributed by atoms with Crippen molar-refractivity contribution in [3.63, 3.8) is 0 Å². The minimum absolute atomic E-state index is 0.0111. The fraction of sp³-hybridized carbons (Fsp3) is 0.222. The van der Waals surface area contributed by atoms with Gasteiger partial charge in [0.15, 0.2) is 18.3 Å². The molecule has 5 nitrogen and oxygen atoms in total.